The third kappa shape index (κ3) is 5.45. The zero-order chi connectivity index (χ0) is 23.4. The molecule has 0 spiro atoms. The van der Waals surface area contributed by atoms with E-state index in [1.165, 1.54) is 30.3 Å². The maximum atomic E-state index is 12.8. The number of carbonyl (C=O) groups excluding carboxylic acids is 3. The minimum absolute atomic E-state index is 0.0231. The number of thioether (sulfide) groups is 1. The first kappa shape index (κ1) is 23.1. The molecule has 2 aromatic rings. The summed E-state index contributed by atoms with van der Waals surface area (Å²) in [4.78, 5) is 40.4. The predicted molar refractivity (Wildman–Crippen MR) is 124 cm³/mol. The van der Waals surface area contributed by atoms with Crippen molar-refractivity contribution in [3.05, 3.63) is 65.1 Å². The van der Waals surface area contributed by atoms with Gasteiger partial charge in [0.2, 0.25) is 5.91 Å². The maximum Gasteiger partial charge on any atom is 0.339 e. The van der Waals surface area contributed by atoms with Crippen molar-refractivity contribution in [1.82, 2.24) is 9.80 Å². The van der Waals surface area contributed by atoms with Crippen LogP contribution in [-0.4, -0.2) is 54.9 Å². The third-order valence-corrected chi connectivity index (χ3v) is 7.44. The van der Waals surface area contributed by atoms with Crippen molar-refractivity contribution in [3.8, 4) is 5.75 Å². The van der Waals surface area contributed by atoms with Gasteiger partial charge in [0.25, 0.3) is 11.1 Å². The van der Waals surface area contributed by atoms with Gasteiger partial charge in [0.05, 0.1) is 4.91 Å². The zero-order valence-corrected chi connectivity index (χ0v) is 19.3. The van der Waals surface area contributed by atoms with E-state index in [9.17, 15) is 22.8 Å². The number of hydrogen-bond donors (Lipinski definition) is 0. The SMILES string of the molecule is O=C(CN1C(=O)S/C(=C\c2cccc(OS(=O)(=O)c3ccccc3)c2)C1=O)N1CCCCC1. The number of hydrogen-bond acceptors (Lipinski definition) is 7. The molecule has 8 nitrogen and oxygen atoms in total. The number of nitrogens with zero attached hydrogens (tertiary/aromatic N) is 2. The summed E-state index contributed by atoms with van der Waals surface area (Å²) in [6.45, 7) is 1.01. The topological polar surface area (TPSA) is 101 Å². The molecule has 3 amide bonds. The van der Waals surface area contributed by atoms with Gasteiger partial charge in [0.15, 0.2) is 0 Å². The lowest BCUT2D eigenvalue weighted by Gasteiger charge is -2.27. The van der Waals surface area contributed by atoms with Crippen LogP contribution in [0.25, 0.3) is 6.08 Å². The molecule has 2 aliphatic heterocycles. The largest absolute Gasteiger partial charge is 0.379 e. The van der Waals surface area contributed by atoms with Gasteiger partial charge in [-0.2, -0.15) is 8.42 Å². The second kappa shape index (κ2) is 9.80. The number of amides is 3. The number of rotatable bonds is 6. The van der Waals surface area contributed by atoms with E-state index in [2.05, 4.69) is 0 Å². The molecule has 4 rings (SSSR count). The lowest BCUT2D eigenvalue weighted by atomic mass is 10.1. The quantitative estimate of drug-likeness (QED) is 0.455. The standard InChI is InChI=1S/C23H22N2O6S2/c26-21(24-12-5-2-6-13-24)16-25-22(27)20(32-23(25)28)15-17-8-7-9-18(14-17)31-33(29,30)19-10-3-1-4-11-19/h1,3-4,7-11,14-15H,2,5-6,12-13,16H2/b20-15-. The summed E-state index contributed by atoms with van der Waals surface area (Å²) in [5.74, 6) is -0.703. The van der Waals surface area contributed by atoms with E-state index in [0.29, 0.717) is 18.7 Å². The summed E-state index contributed by atoms with van der Waals surface area (Å²) in [6.07, 6.45) is 4.40. The smallest absolute Gasteiger partial charge is 0.339 e. The van der Waals surface area contributed by atoms with Gasteiger partial charge in [0.1, 0.15) is 17.2 Å². The lowest BCUT2D eigenvalue weighted by molar-refractivity contribution is -0.136. The van der Waals surface area contributed by atoms with Gasteiger partial charge in [-0.25, -0.2) is 0 Å². The Balaban J connectivity index is 1.47. The molecule has 10 heteroatoms. The Hall–Kier alpha value is -3.11. The molecule has 2 aromatic carbocycles. The summed E-state index contributed by atoms with van der Waals surface area (Å²) in [5, 5.41) is -0.504. The minimum atomic E-state index is -4.01. The number of likely N-dealkylation sites (tertiary alicyclic amines) is 1. The van der Waals surface area contributed by atoms with Crippen molar-refractivity contribution in [2.24, 2.45) is 0 Å². The number of benzene rings is 2. The molecule has 2 heterocycles. The van der Waals surface area contributed by atoms with Crippen molar-refractivity contribution in [2.75, 3.05) is 19.6 Å². The van der Waals surface area contributed by atoms with Crippen LogP contribution >= 0.6 is 11.8 Å². The van der Waals surface area contributed by atoms with Gasteiger partial charge in [0, 0.05) is 13.1 Å². The van der Waals surface area contributed by atoms with E-state index in [4.69, 9.17) is 4.18 Å². The van der Waals surface area contributed by atoms with E-state index in [1.807, 2.05) is 0 Å². The average molecular weight is 487 g/mol. The Morgan fingerprint density at radius 3 is 2.45 bits per heavy atom. The Labute approximate surface area is 196 Å². The van der Waals surface area contributed by atoms with Gasteiger partial charge >= 0.3 is 10.1 Å². The molecule has 0 aliphatic carbocycles. The van der Waals surface area contributed by atoms with Crippen molar-refractivity contribution in [3.63, 3.8) is 0 Å². The fourth-order valence-electron chi connectivity index (χ4n) is 3.58. The minimum Gasteiger partial charge on any atom is -0.379 e. The normalized spacial score (nSPS) is 18.1. The van der Waals surface area contributed by atoms with Crippen LogP contribution < -0.4 is 4.18 Å². The van der Waals surface area contributed by atoms with Crippen LogP contribution in [0.2, 0.25) is 0 Å². The summed E-state index contributed by atoms with van der Waals surface area (Å²) in [7, 11) is -4.01. The first-order valence-electron chi connectivity index (χ1n) is 10.5. The summed E-state index contributed by atoms with van der Waals surface area (Å²) in [5.41, 5.74) is 0.489. The highest BCUT2D eigenvalue weighted by molar-refractivity contribution is 8.18. The molecule has 0 N–H and O–H groups in total. The van der Waals surface area contributed by atoms with Crippen molar-refractivity contribution >= 4 is 45.0 Å². The Bertz CT molecular complexity index is 1200. The average Bonchev–Trinajstić information content (AvgIpc) is 3.07. The van der Waals surface area contributed by atoms with Crippen LogP contribution in [-0.2, 0) is 19.7 Å². The van der Waals surface area contributed by atoms with Gasteiger partial charge in [-0.15, -0.1) is 0 Å². The molecule has 172 valence electrons. The monoisotopic (exact) mass is 486 g/mol. The Morgan fingerprint density at radius 2 is 1.73 bits per heavy atom. The molecule has 2 aliphatic rings. The summed E-state index contributed by atoms with van der Waals surface area (Å²) < 4.78 is 30.1. The third-order valence-electron chi connectivity index (χ3n) is 5.27. The number of carbonyl (C=O) groups is 3. The molecule has 2 saturated heterocycles. The van der Waals surface area contributed by atoms with Crippen molar-refractivity contribution in [2.45, 2.75) is 24.2 Å². The highest BCUT2D eigenvalue weighted by Gasteiger charge is 2.37. The predicted octanol–water partition coefficient (Wildman–Crippen LogP) is 3.50. The maximum absolute atomic E-state index is 12.8. The highest BCUT2D eigenvalue weighted by atomic mass is 32.2. The van der Waals surface area contributed by atoms with Crippen molar-refractivity contribution in [1.29, 1.82) is 0 Å². The molecule has 2 fully saturated rings. The number of imide groups is 1. The number of piperidine rings is 1. The first-order chi connectivity index (χ1) is 15.8. The first-order valence-corrected chi connectivity index (χ1v) is 12.7. The molecule has 0 unspecified atom stereocenters. The molecule has 0 bridgehead atoms. The van der Waals surface area contributed by atoms with Gasteiger partial charge in [-0.1, -0.05) is 30.3 Å². The van der Waals surface area contributed by atoms with E-state index < -0.39 is 21.3 Å². The molecular weight excluding hydrogens is 464 g/mol. The Kier molecular flexibility index (Phi) is 6.85. The van der Waals surface area contributed by atoms with E-state index >= 15 is 0 Å². The van der Waals surface area contributed by atoms with Crippen LogP contribution in [0.5, 0.6) is 5.75 Å². The van der Waals surface area contributed by atoms with Gasteiger partial charge in [-0.3, -0.25) is 19.3 Å². The van der Waals surface area contributed by atoms with Crippen LogP contribution in [0.1, 0.15) is 24.8 Å². The van der Waals surface area contributed by atoms with Crippen molar-refractivity contribution < 1.29 is 27.0 Å². The summed E-state index contributed by atoms with van der Waals surface area (Å²) >= 11 is 0.750. The molecule has 33 heavy (non-hydrogen) atoms. The molecule has 0 aromatic heterocycles. The van der Waals surface area contributed by atoms with E-state index in [1.54, 1.807) is 35.2 Å². The molecule has 0 saturated carbocycles. The lowest BCUT2D eigenvalue weighted by Crippen LogP contribution is -2.44. The van der Waals surface area contributed by atoms with Crippen LogP contribution in [0.4, 0.5) is 4.79 Å². The fourth-order valence-corrected chi connectivity index (χ4v) is 5.37. The van der Waals surface area contributed by atoms with Gasteiger partial charge in [-0.05, 0) is 66.9 Å². The fraction of sp³-hybridized carbons (Fsp3) is 0.261. The molecule has 0 atom stereocenters. The van der Waals surface area contributed by atoms with Crippen LogP contribution in [0.15, 0.2) is 64.4 Å². The zero-order valence-electron chi connectivity index (χ0n) is 17.7. The molecule has 0 radical (unpaired) electrons. The van der Waals surface area contributed by atoms with Gasteiger partial charge < -0.3 is 9.08 Å². The van der Waals surface area contributed by atoms with E-state index in [0.717, 1.165) is 35.9 Å². The molecular formula is C23H22N2O6S2. The second-order valence-electron chi connectivity index (χ2n) is 7.63. The highest BCUT2D eigenvalue weighted by Crippen LogP contribution is 2.33. The van der Waals surface area contributed by atoms with Crippen LogP contribution in [0.3, 0.4) is 0 Å². The summed E-state index contributed by atoms with van der Waals surface area (Å²) in [6, 6.07) is 14.0. The van der Waals surface area contributed by atoms with E-state index in [-0.39, 0.29) is 28.0 Å². The van der Waals surface area contributed by atoms with Crippen LogP contribution in [0, 0.1) is 0 Å². The second-order valence-corrected chi connectivity index (χ2v) is 10.2. The Morgan fingerprint density at radius 1 is 1.00 bits per heavy atom.